The largest absolute Gasteiger partial charge is 0.414 e. The SMILES string of the molecule is CC[Si](CC)(CC)OC1CCC[C@@]2(C)C1CC[C@@H]2[C@@H](C)/C=C/[C@@H](C)C(C)(C)O[Si](CC)(CC)CC. The van der Waals surface area contributed by atoms with E-state index in [0.717, 1.165) is 11.8 Å². The molecule has 0 aromatic heterocycles. The van der Waals surface area contributed by atoms with Crippen LogP contribution in [-0.4, -0.2) is 28.3 Å². The van der Waals surface area contributed by atoms with Crippen LogP contribution in [0.15, 0.2) is 12.2 Å². The molecule has 2 rings (SSSR count). The van der Waals surface area contributed by atoms with Crippen LogP contribution in [0, 0.1) is 29.1 Å². The summed E-state index contributed by atoms with van der Waals surface area (Å²) in [7, 11) is -3.17. The highest BCUT2D eigenvalue weighted by Crippen LogP contribution is 2.59. The van der Waals surface area contributed by atoms with E-state index in [4.69, 9.17) is 8.85 Å². The number of hydrogen-bond acceptors (Lipinski definition) is 2. The first-order valence-corrected chi connectivity index (χ1v) is 20.5. The van der Waals surface area contributed by atoms with Gasteiger partial charge >= 0.3 is 0 Å². The van der Waals surface area contributed by atoms with Gasteiger partial charge in [-0.15, -0.1) is 0 Å². The summed E-state index contributed by atoms with van der Waals surface area (Å²) in [6, 6.07) is 7.49. The van der Waals surface area contributed by atoms with Gasteiger partial charge < -0.3 is 8.85 Å². The second-order valence-electron chi connectivity index (χ2n) is 13.1. The summed E-state index contributed by atoms with van der Waals surface area (Å²) in [5.41, 5.74) is 0.344. The standard InChI is InChI=1S/C31H62O2Si2/c1-12-34(13-2,14-3)32-29-19-18-24-31(11)27(22-23-28(29)31)25(7)20-21-26(8)30(9,10)33-35(15-4,16-5)17-6/h20-21,25-29H,12-19,22-24H2,1-11H3/b21-20+/t25-,26+,27+,28?,29?,31+/m0/s1. The molecule has 2 fully saturated rings. The van der Waals surface area contributed by atoms with E-state index in [-0.39, 0.29) is 5.60 Å². The molecule has 2 unspecified atom stereocenters. The molecule has 2 aliphatic carbocycles. The fourth-order valence-corrected chi connectivity index (χ4v) is 14.0. The fraction of sp³-hybridized carbons (Fsp3) is 0.935. The van der Waals surface area contributed by atoms with Crippen LogP contribution >= 0.6 is 0 Å². The second kappa shape index (κ2) is 12.8. The van der Waals surface area contributed by atoms with Gasteiger partial charge in [-0.1, -0.05) is 80.9 Å². The van der Waals surface area contributed by atoms with E-state index in [1.807, 2.05) is 0 Å². The zero-order valence-corrected chi connectivity index (χ0v) is 27.6. The molecule has 0 aromatic carbocycles. The van der Waals surface area contributed by atoms with E-state index in [2.05, 4.69) is 88.3 Å². The van der Waals surface area contributed by atoms with Crippen molar-refractivity contribution >= 4 is 16.6 Å². The first-order valence-electron chi connectivity index (χ1n) is 15.5. The van der Waals surface area contributed by atoms with Gasteiger partial charge in [0.25, 0.3) is 0 Å². The van der Waals surface area contributed by atoms with Gasteiger partial charge in [-0.25, -0.2) is 0 Å². The third-order valence-electron chi connectivity index (χ3n) is 11.3. The van der Waals surface area contributed by atoms with Gasteiger partial charge in [0.05, 0.1) is 5.60 Å². The minimum Gasteiger partial charge on any atom is -0.414 e. The van der Waals surface area contributed by atoms with E-state index in [9.17, 15) is 0 Å². The molecule has 0 amide bonds. The van der Waals surface area contributed by atoms with E-state index in [0.29, 0.717) is 23.4 Å². The molecule has 0 spiro atoms. The lowest BCUT2D eigenvalue weighted by Crippen LogP contribution is -2.48. The van der Waals surface area contributed by atoms with Crippen LogP contribution in [0.3, 0.4) is 0 Å². The highest BCUT2D eigenvalue weighted by molar-refractivity contribution is 6.74. The minimum absolute atomic E-state index is 0.0925. The van der Waals surface area contributed by atoms with E-state index in [1.165, 1.54) is 68.4 Å². The lowest BCUT2D eigenvalue weighted by molar-refractivity contribution is -0.0153. The Morgan fingerprint density at radius 1 is 0.829 bits per heavy atom. The Bertz CT molecular complexity index is 650. The molecular weight excluding hydrogens is 461 g/mol. The van der Waals surface area contributed by atoms with Gasteiger partial charge in [0.1, 0.15) is 0 Å². The summed E-state index contributed by atoms with van der Waals surface area (Å²) in [5, 5.41) is 0. The minimum atomic E-state index is -1.61. The van der Waals surface area contributed by atoms with Crippen LogP contribution < -0.4 is 0 Å². The molecule has 0 aromatic rings. The Balaban J connectivity index is 2.12. The average Bonchev–Trinajstić information content (AvgIpc) is 3.22. The third kappa shape index (κ3) is 6.76. The summed E-state index contributed by atoms with van der Waals surface area (Å²) >= 11 is 0. The molecule has 2 aliphatic rings. The van der Waals surface area contributed by atoms with Gasteiger partial charge in [0.2, 0.25) is 0 Å². The van der Waals surface area contributed by atoms with Gasteiger partial charge in [-0.3, -0.25) is 0 Å². The molecule has 0 aliphatic heterocycles. The van der Waals surface area contributed by atoms with Crippen molar-refractivity contribution in [3.8, 4) is 0 Å². The summed E-state index contributed by atoms with van der Waals surface area (Å²) < 4.78 is 14.1. The maximum atomic E-state index is 7.16. The van der Waals surface area contributed by atoms with Gasteiger partial charge in [-0.05, 0) is 99.0 Å². The maximum absolute atomic E-state index is 7.16. The van der Waals surface area contributed by atoms with E-state index < -0.39 is 16.6 Å². The lowest BCUT2D eigenvalue weighted by atomic mass is 9.62. The first kappa shape index (κ1) is 31.3. The number of hydrogen-bond donors (Lipinski definition) is 0. The molecule has 0 N–H and O–H groups in total. The molecule has 2 nitrogen and oxygen atoms in total. The second-order valence-corrected chi connectivity index (χ2v) is 22.5. The summed E-state index contributed by atoms with van der Waals surface area (Å²) in [6.45, 7) is 26.3. The van der Waals surface area contributed by atoms with Gasteiger partial charge in [-0.2, -0.15) is 0 Å². The zero-order chi connectivity index (χ0) is 26.5. The Labute approximate surface area is 222 Å². The Morgan fingerprint density at radius 3 is 1.89 bits per heavy atom. The van der Waals surface area contributed by atoms with Crippen molar-refractivity contribution in [2.24, 2.45) is 29.1 Å². The van der Waals surface area contributed by atoms with Crippen molar-refractivity contribution in [1.82, 2.24) is 0 Å². The first-order chi connectivity index (χ1) is 16.4. The molecule has 2 saturated carbocycles. The summed E-state index contributed by atoms with van der Waals surface area (Å²) in [5.74, 6) is 2.59. The van der Waals surface area contributed by atoms with Crippen molar-refractivity contribution in [2.75, 3.05) is 0 Å². The maximum Gasteiger partial charge on any atom is 0.192 e. The zero-order valence-electron chi connectivity index (χ0n) is 25.6. The van der Waals surface area contributed by atoms with Crippen molar-refractivity contribution in [3.05, 3.63) is 12.2 Å². The van der Waals surface area contributed by atoms with Crippen molar-refractivity contribution < 1.29 is 8.85 Å². The van der Waals surface area contributed by atoms with Crippen LogP contribution in [0.5, 0.6) is 0 Å². The van der Waals surface area contributed by atoms with E-state index in [1.54, 1.807) is 0 Å². The molecule has 4 heteroatoms. The predicted molar refractivity (Wildman–Crippen MR) is 160 cm³/mol. The molecule has 0 heterocycles. The monoisotopic (exact) mass is 522 g/mol. The van der Waals surface area contributed by atoms with Gasteiger partial charge in [0.15, 0.2) is 16.6 Å². The Morgan fingerprint density at radius 2 is 1.37 bits per heavy atom. The molecular formula is C31H62O2Si2. The number of allylic oxidation sites excluding steroid dienone is 1. The Hall–Kier alpha value is 0.0938. The van der Waals surface area contributed by atoms with Crippen LogP contribution in [0.25, 0.3) is 0 Å². The molecule has 0 bridgehead atoms. The van der Waals surface area contributed by atoms with Crippen LogP contribution in [0.1, 0.15) is 108 Å². The quantitative estimate of drug-likeness (QED) is 0.167. The topological polar surface area (TPSA) is 18.5 Å². The fourth-order valence-electron chi connectivity index (χ4n) is 7.81. The third-order valence-corrected chi connectivity index (χ3v) is 20.8. The van der Waals surface area contributed by atoms with Crippen molar-refractivity contribution in [2.45, 2.75) is 156 Å². The molecule has 206 valence electrons. The highest BCUT2D eigenvalue weighted by atomic mass is 28.4. The molecule has 0 saturated heterocycles. The van der Waals surface area contributed by atoms with E-state index >= 15 is 0 Å². The van der Waals surface area contributed by atoms with Crippen molar-refractivity contribution in [1.29, 1.82) is 0 Å². The van der Waals surface area contributed by atoms with Gasteiger partial charge in [0, 0.05) is 12.0 Å². The van der Waals surface area contributed by atoms with Crippen molar-refractivity contribution in [3.63, 3.8) is 0 Å². The average molecular weight is 523 g/mol. The smallest absolute Gasteiger partial charge is 0.192 e. The predicted octanol–water partition coefficient (Wildman–Crippen LogP) is 10.2. The van der Waals surface area contributed by atoms with Crippen LogP contribution in [0.4, 0.5) is 0 Å². The Kier molecular flexibility index (Phi) is 11.4. The summed E-state index contributed by atoms with van der Waals surface area (Å²) in [4.78, 5) is 0. The normalized spacial score (nSPS) is 30.0. The summed E-state index contributed by atoms with van der Waals surface area (Å²) in [6.07, 6.45) is 12.4. The molecule has 6 atom stereocenters. The number of rotatable bonds is 14. The molecule has 0 radical (unpaired) electrons. The lowest BCUT2D eigenvalue weighted by Gasteiger charge is -2.48. The molecule has 35 heavy (non-hydrogen) atoms. The highest BCUT2D eigenvalue weighted by Gasteiger charge is 2.53. The number of fused-ring (bicyclic) bond motifs is 1. The van der Waals surface area contributed by atoms with Crippen LogP contribution in [-0.2, 0) is 8.85 Å². The van der Waals surface area contributed by atoms with Crippen LogP contribution in [0.2, 0.25) is 36.3 Å².